The van der Waals surface area contributed by atoms with Crippen molar-refractivity contribution < 1.29 is 4.74 Å². The van der Waals surface area contributed by atoms with Gasteiger partial charge in [-0.15, -0.1) is 0 Å². The first-order valence-electron chi connectivity index (χ1n) is 6.48. The Bertz CT molecular complexity index is 507. The van der Waals surface area contributed by atoms with E-state index in [9.17, 15) is 0 Å². The Labute approximate surface area is 119 Å². The van der Waals surface area contributed by atoms with Crippen LogP contribution in [0.3, 0.4) is 0 Å². The Morgan fingerprint density at radius 2 is 2.26 bits per heavy atom. The molecule has 0 radical (unpaired) electrons. The Morgan fingerprint density at radius 1 is 1.53 bits per heavy atom. The molecule has 1 aromatic rings. The van der Waals surface area contributed by atoms with E-state index in [1.807, 2.05) is 12.1 Å². The highest BCUT2D eigenvalue weighted by atomic mass is 35.5. The van der Waals surface area contributed by atoms with Crippen molar-refractivity contribution in [1.29, 1.82) is 5.26 Å². The highest BCUT2D eigenvalue weighted by Gasteiger charge is 2.31. The minimum atomic E-state index is -0.128. The molecule has 102 valence electrons. The Morgan fingerprint density at radius 3 is 2.84 bits per heavy atom. The normalized spacial score (nSPS) is 23.0. The van der Waals surface area contributed by atoms with Crippen molar-refractivity contribution in [2.45, 2.75) is 39.0 Å². The van der Waals surface area contributed by atoms with Gasteiger partial charge in [-0.05, 0) is 38.5 Å². The molecule has 1 aromatic carbocycles. The second-order valence-corrected chi connectivity index (χ2v) is 6.18. The van der Waals surface area contributed by atoms with Crippen molar-refractivity contribution in [3.63, 3.8) is 0 Å². The van der Waals surface area contributed by atoms with Crippen molar-refractivity contribution in [3.05, 3.63) is 34.3 Å². The van der Waals surface area contributed by atoms with Crippen LogP contribution in [0, 0.1) is 11.3 Å². The summed E-state index contributed by atoms with van der Waals surface area (Å²) in [6.07, 6.45) is 0.223. The largest absolute Gasteiger partial charge is 0.370 e. The van der Waals surface area contributed by atoms with E-state index in [1.165, 1.54) is 0 Å². The van der Waals surface area contributed by atoms with E-state index in [0.717, 1.165) is 25.2 Å². The van der Waals surface area contributed by atoms with Gasteiger partial charge in [-0.2, -0.15) is 5.26 Å². The van der Waals surface area contributed by atoms with Gasteiger partial charge in [0.25, 0.3) is 0 Å². The molecule has 1 saturated heterocycles. The average molecular weight is 279 g/mol. The molecule has 1 aliphatic rings. The molecule has 1 heterocycles. The zero-order valence-corrected chi connectivity index (χ0v) is 12.4. The number of hydrogen-bond acceptors (Lipinski definition) is 3. The number of benzene rings is 1. The summed E-state index contributed by atoms with van der Waals surface area (Å²) in [6, 6.07) is 7.58. The minimum absolute atomic E-state index is 0.128. The first-order valence-corrected chi connectivity index (χ1v) is 6.86. The second kappa shape index (κ2) is 5.50. The number of ether oxygens (including phenoxy) is 1. The number of rotatable bonds is 2. The van der Waals surface area contributed by atoms with E-state index in [1.54, 1.807) is 6.07 Å². The lowest BCUT2D eigenvalue weighted by molar-refractivity contribution is -0.130. The van der Waals surface area contributed by atoms with Gasteiger partial charge >= 0.3 is 0 Å². The van der Waals surface area contributed by atoms with E-state index in [4.69, 9.17) is 21.6 Å². The van der Waals surface area contributed by atoms with Gasteiger partial charge in [0.15, 0.2) is 0 Å². The molecule has 0 N–H and O–H groups in total. The molecule has 0 bridgehead atoms. The van der Waals surface area contributed by atoms with Crippen LogP contribution in [0.5, 0.6) is 0 Å². The van der Waals surface area contributed by atoms with Crippen LogP contribution in [-0.4, -0.2) is 29.7 Å². The lowest BCUT2D eigenvalue weighted by atomic mass is 10.0. The van der Waals surface area contributed by atoms with Crippen LogP contribution in [0.15, 0.2) is 18.2 Å². The van der Waals surface area contributed by atoms with Crippen LogP contribution >= 0.6 is 11.6 Å². The summed E-state index contributed by atoms with van der Waals surface area (Å²) >= 11 is 6.23. The van der Waals surface area contributed by atoms with Crippen molar-refractivity contribution in [2.24, 2.45) is 0 Å². The third kappa shape index (κ3) is 3.70. The summed E-state index contributed by atoms with van der Waals surface area (Å²) < 4.78 is 5.89. The summed E-state index contributed by atoms with van der Waals surface area (Å²) in [4.78, 5) is 2.35. The summed E-state index contributed by atoms with van der Waals surface area (Å²) in [7, 11) is 0. The average Bonchev–Trinajstić information content (AvgIpc) is 2.29. The topological polar surface area (TPSA) is 36.3 Å². The highest BCUT2D eigenvalue weighted by molar-refractivity contribution is 6.31. The van der Waals surface area contributed by atoms with Gasteiger partial charge in [-0.1, -0.05) is 17.7 Å². The molecule has 0 spiro atoms. The standard InChI is InChI=1S/C15H19ClN2O/c1-11-8-18(10-15(2,3)19-11)9-13-5-4-12(7-17)6-14(13)16/h4-6,11H,8-10H2,1-3H3. The lowest BCUT2D eigenvalue weighted by Gasteiger charge is -2.41. The first-order chi connectivity index (χ1) is 8.89. The zero-order chi connectivity index (χ0) is 14.0. The van der Waals surface area contributed by atoms with Gasteiger partial charge in [0.1, 0.15) is 0 Å². The molecule has 3 nitrogen and oxygen atoms in total. The molecule has 0 aliphatic carbocycles. The fourth-order valence-electron chi connectivity index (χ4n) is 2.69. The van der Waals surface area contributed by atoms with Crippen LogP contribution in [0.2, 0.25) is 5.02 Å². The quantitative estimate of drug-likeness (QED) is 0.833. The monoisotopic (exact) mass is 278 g/mol. The SMILES string of the molecule is CC1CN(Cc2ccc(C#N)cc2Cl)CC(C)(C)O1. The lowest BCUT2D eigenvalue weighted by Crippen LogP contribution is -2.51. The van der Waals surface area contributed by atoms with E-state index >= 15 is 0 Å². The smallest absolute Gasteiger partial charge is 0.0992 e. The molecular formula is C15H19ClN2O. The molecular weight excluding hydrogens is 260 g/mol. The number of halogens is 1. The number of morpholine rings is 1. The van der Waals surface area contributed by atoms with Crippen LogP contribution in [0.4, 0.5) is 0 Å². The van der Waals surface area contributed by atoms with E-state index in [-0.39, 0.29) is 11.7 Å². The van der Waals surface area contributed by atoms with E-state index < -0.39 is 0 Å². The summed E-state index contributed by atoms with van der Waals surface area (Å²) in [6.45, 7) is 8.88. The second-order valence-electron chi connectivity index (χ2n) is 5.78. The molecule has 1 aliphatic heterocycles. The molecule has 0 amide bonds. The van der Waals surface area contributed by atoms with Crippen LogP contribution < -0.4 is 0 Å². The first kappa shape index (κ1) is 14.3. The Hall–Kier alpha value is -1.08. The number of nitriles is 1. The highest BCUT2D eigenvalue weighted by Crippen LogP contribution is 2.25. The minimum Gasteiger partial charge on any atom is -0.370 e. The van der Waals surface area contributed by atoms with Gasteiger partial charge in [-0.3, -0.25) is 4.90 Å². The van der Waals surface area contributed by atoms with E-state index in [2.05, 4.69) is 31.7 Å². The molecule has 1 unspecified atom stereocenters. The molecule has 4 heteroatoms. The zero-order valence-electron chi connectivity index (χ0n) is 11.6. The van der Waals surface area contributed by atoms with Crippen molar-refractivity contribution >= 4 is 11.6 Å². The van der Waals surface area contributed by atoms with Gasteiger partial charge < -0.3 is 4.74 Å². The van der Waals surface area contributed by atoms with Crippen LogP contribution in [0.25, 0.3) is 0 Å². The molecule has 0 aromatic heterocycles. The number of hydrogen-bond donors (Lipinski definition) is 0. The molecule has 1 atom stereocenters. The summed E-state index contributed by atoms with van der Waals surface area (Å²) in [5.74, 6) is 0. The number of nitrogens with zero attached hydrogens (tertiary/aromatic N) is 2. The molecule has 1 fully saturated rings. The van der Waals surface area contributed by atoms with E-state index in [0.29, 0.717) is 10.6 Å². The van der Waals surface area contributed by atoms with Crippen molar-refractivity contribution in [2.75, 3.05) is 13.1 Å². The van der Waals surface area contributed by atoms with Crippen LogP contribution in [-0.2, 0) is 11.3 Å². The van der Waals surface area contributed by atoms with Gasteiger partial charge in [0, 0.05) is 24.7 Å². The Kier molecular flexibility index (Phi) is 4.15. The van der Waals surface area contributed by atoms with Gasteiger partial charge in [0.05, 0.1) is 23.3 Å². The third-order valence-corrected chi connectivity index (χ3v) is 3.57. The van der Waals surface area contributed by atoms with Crippen molar-refractivity contribution in [1.82, 2.24) is 4.90 Å². The summed E-state index contributed by atoms with van der Waals surface area (Å²) in [5, 5.41) is 9.51. The Balaban J connectivity index is 2.11. The predicted octanol–water partition coefficient (Wildman–Crippen LogP) is 3.21. The maximum Gasteiger partial charge on any atom is 0.0992 e. The maximum absolute atomic E-state index is 8.84. The van der Waals surface area contributed by atoms with Crippen LogP contribution in [0.1, 0.15) is 31.9 Å². The fourth-order valence-corrected chi connectivity index (χ4v) is 2.93. The molecule has 0 saturated carbocycles. The van der Waals surface area contributed by atoms with Crippen molar-refractivity contribution in [3.8, 4) is 6.07 Å². The third-order valence-electron chi connectivity index (χ3n) is 3.22. The summed E-state index contributed by atoms with van der Waals surface area (Å²) in [5.41, 5.74) is 1.53. The molecule has 19 heavy (non-hydrogen) atoms. The fraction of sp³-hybridized carbons (Fsp3) is 0.533. The van der Waals surface area contributed by atoms with Gasteiger partial charge in [-0.25, -0.2) is 0 Å². The predicted molar refractivity (Wildman–Crippen MR) is 76.1 cm³/mol. The van der Waals surface area contributed by atoms with Gasteiger partial charge in [0.2, 0.25) is 0 Å². The maximum atomic E-state index is 8.84. The molecule has 2 rings (SSSR count).